The Hall–Kier alpha value is -3.27. The number of aryl methyl sites for hydroxylation is 1. The van der Waals surface area contributed by atoms with Crippen molar-refractivity contribution in [2.75, 3.05) is 6.61 Å². The summed E-state index contributed by atoms with van der Waals surface area (Å²) in [4.78, 5) is 43.5. The SMILES string of the molecule is CC.Cc1c(Cl)cc2nc3c(c4c2c1CCC4NC(=O)C(C)(C)CO)Cn1c-3cc2c(c1=O)COC(=O)C2O. The largest absolute Gasteiger partial charge is 0.458 e. The van der Waals surface area contributed by atoms with Gasteiger partial charge in [-0.15, -0.1) is 0 Å². The van der Waals surface area contributed by atoms with Crippen LogP contribution in [0, 0.1) is 12.3 Å². The van der Waals surface area contributed by atoms with Gasteiger partial charge in [0.25, 0.3) is 5.56 Å². The van der Waals surface area contributed by atoms with Gasteiger partial charge in [0.15, 0.2) is 6.10 Å². The Morgan fingerprint density at radius 2 is 1.95 bits per heavy atom. The molecule has 0 spiro atoms. The summed E-state index contributed by atoms with van der Waals surface area (Å²) in [6.45, 7) is 9.07. The van der Waals surface area contributed by atoms with E-state index in [0.29, 0.717) is 34.8 Å². The molecule has 0 saturated carbocycles. The highest BCUT2D eigenvalue weighted by atomic mass is 35.5. The number of hydrogen-bond donors (Lipinski definition) is 3. The topological polar surface area (TPSA) is 131 Å². The van der Waals surface area contributed by atoms with E-state index in [9.17, 15) is 24.6 Å². The minimum absolute atomic E-state index is 0.198. The first-order chi connectivity index (χ1) is 18.5. The highest BCUT2D eigenvalue weighted by Crippen LogP contribution is 2.46. The minimum Gasteiger partial charge on any atom is -0.458 e. The fourth-order valence-corrected chi connectivity index (χ4v) is 5.89. The lowest BCUT2D eigenvalue weighted by Gasteiger charge is -2.32. The molecule has 2 aromatic heterocycles. The van der Waals surface area contributed by atoms with E-state index in [0.717, 1.165) is 27.6 Å². The zero-order chi connectivity index (χ0) is 28.4. The summed E-state index contributed by atoms with van der Waals surface area (Å²) in [7, 11) is 0. The third-order valence-corrected chi connectivity index (χ3v) is 8.35. The fourth-order valence-electron chi connectivity index (χ4n) is 5.67. The maximum Gasteiger partial charge on any atom is 0.340 e. The highest BCUT2D eigenvalue weighted by molar-refractivity contribution is 6.32. The smallest absolute Gasteiger partial charge is 0.340 e. The Bertz CT molecular complexity index is 1610. The molecule has 10 heteroatoms. The molecule has 2 unspecified atom stereocenters. The molecule has 0 bridgehead atoms. The Morgan fingerprint density at radius 3 is 2.64 bits per heavy atom. The van der Waals surface area contributed by atoms with E-state index in [1.54, 1.807) is 30.5 Å². The summed E-state index contributed by atoms with van der Waals surface area (Å²) in [5.41, 5.74) is 4.59. The number of halogens is 1. The van der Waals surface area contributed by atoms with Gasteiger partial charge in [0.05, 0.1) is 47.1 Å². The quantitative estimate of drug-likeness (QED) is 0.330. The van der Waals surface area contributed by atoms with Crippen LogP contribution in [0.1, 0.15) is 79.6 Å². The highest BCUT2D eigenvalue weighted by Gasteiger charge is 2.38. The van der Waals surface area contributed by atoms with Crippen molar-refractivity contribution in [3.8, 4) is 11.4 Å². The summed E-state index contributed by atoms with van der Waals surface area (Å²) in [5, 5.41) is 24.8. The second kappa shape index (κ2) is 9.73. The van der Waals surface area contributed by atoms with Crippen LogP contribution in [0.2, 0.25) is 5.02 Å². The van der Waals surface area contributed by atoms with Crippen molar-refractivity contribution in [1.29, 1.82) is 0 Å². The van der Waals surface area contributed by atoms with Crippen LogP contribution in [0.25, 0.3) is 22.3 Å². The van der Waals surface area contributed by atoms with Crippen molar-refractivity contribution in [3.63, 3.8) is 0 Å². The molecule has 206 valence electrons. The van der Waals surface area contributed by atoms with Crippen molar-refractivity contribution in [1.82, 2.24) is 14.9 Å². The van der Waals surface area contributed by atoms with Gasteiger partial charge in [-0.05, 0) is 62.4 Å². The van der Waals surface area contributed by atoms with Crippen molar-refractivity contribution in [2.24, 2.45) is 5.41 Å². The average Bonchev–Trinajstić information content (AvgIpc) is 3.29. The van der Waals surface area contributed by atoms with Crippen molar-refractivity contribution in [2.45, 2.75) is 72.8 Å². The first kappa shape index (κ1) is 27.3. The van der Waals surface area contributed by atoms with Crippen LogP contribution in [-0.2, 0) is 33.9 Å². The number of nitrogens with one attached hydrogen (secondary N) is 1. The van der Waals surface area contributed by atoms with Gasteiger partial charge >= 0.3 is 5.97 Å². The lowest BCUT2D eigenvalue weighted by atomic mass is 9.81. The monoisotopic (exact) mass is 553 g/mol. The molecule has 39 heavy (non-hydrogen) atoms. The molecule has 0 saturated heterocycles. The molecular formula is C29H32ClN3O6. The number of amides is 1. The van der Waals surface area contributed by atoms with Gasteiger partial charge in [-0.25, -0.2) is 9.78 Å². The first-order valence-corrected chi connectivity index (χ1v) is 13.6. The molecule has 9 nitrogen and oxygen atoms in total. The molecule has 2 atom stereocenters. The third kappa shape index (κ3) is 4.06. The maximum atomic E-state index is 13.5. The predicted octanol–water partition coefficient (Wildman–Crippen LogP) is 3.63. The summed E-state index contributed by atoms with van der Waals surface area (Å²) < 4.78 is 6.58. The summed E-state index contributed by atoms with van der Waals surface area (Å²) in [6.07, 6.45) is -0.231. The standard InChI is InChI=1S/C27H26ClN3O6.C2H6/c1-11-12-4-5-17(30-26(36)27(2,3)10-32)21-14-8-31-19(22(14)29-18(20(12)21)7-16(11)28)6-13-15(24(31)34)9-37-25(35)23(13)33;1-2/h6-7,17,23,32-33H,4-5,8-10H2,1-3H3,(H,30,36);1-2H3. The number of pyridine rings is 2. The molecule has 3 N–H and O–H groups in total. The van der Waals surface area contributed by atoms with Gasteiger partial charge in [-0.3, -0.25) is 9.59 Å². The number of nitrogens with zero attached hydrogens (tertiary/aromatic N) is 2. The number of esters is 1. The lowest BCUT2D eigenvalue weighted by Crippen LogP contribution is -2.42. The zero-order valence-corrected chi connectivity index (χ0v) is 23.4. The fraction of sp³-hybridized carbons (Fsp3) is 0.448. The van der Waals surface area contributed by atoms with Gasteiger partial charge in [0.2, 0.25) is 5.91 Å². The summed E-state index contributed by atoms with van der Waals surface area (Å²) in [5.74, 6) is -1.06. The average molecular weight is 554 g/mol. The summed E-state index contributed by atoms with van der Waals surface area (Å²) in [6, 6.07) is 3.08. The minimum atomic E-state index is -1.54. The number of carbonyl (C=O) groups excluding carboxylic acids is 2. The molecule has 0 radical (unpaired) electrons. The van der Waals surface area contributed by atoms with E-state index in [1.165, 1.54) is 0 Å². The lowest BCUT2D eigenvalue weighted by molar-refractivity contribution is -0.157. The van der Waals surface area contributed by atoms with Crippen LogP contribution in [-0.4, -0.2) is 38.2 Å². The second-order valence-corrected chi connectivity index (χ2v) is 11.1. The van der Waals surface area contributed by atoms with Crippen LogP contribution < -0.4 is 10.9 Å². The molecular weight excluding hydrogens is 522 g/mol. The predicted molar refractivity (Wildman–Crippen MR) is 146 cm³/mol. The normalized spacial score (nSPS) is 18.9. The van der Waals surface area contributed by atoms with Crippen LogP contribution in [0.3, 0.4) is 0 Å². The molecule has 0 fully saturated rings. The Kier molecular flexibility index (Phi) is 6.81. The van der Waals surface area contributed by atoms with E-state index < -0.39 is 17.5 Å². The molecule has 3 aliphatic rings. The van der Waals surface area contributed by atoms with Gasteiger partial charge in [-0.2, -0.15) is 0 Å². The van der Waals surface area contributed by atoms with E-state index in [1.807, 2.05) is 20.8 Å². The summed E-state index contributed by atoms with van der Waals surface area (Å²) >= 11 is 6.58. The van der Waals surface area contributed by atoms with E-state index in [4.69, 9.17) is 21.3 Å². The first-order valence-electron chi connectivity index (χ1n) is 13.2. The number of ether oxygens (including phenoxy) is 1. The molecule has 4 heterocycles. The van der Waals surface area contributed by atoms with Crippen molar-refractivity contribution < 1.29 is 24.5 Å². The Balaban J connectivity index is 0.00000151. The Labute approximate surface area is 230 Å². The third-order valence-electron chi connectivity index (χ3n) is 7.96. The molecule has 6 rings (SSSR count). The van der Waals surface area contributed by atoms with Gasteiger partial charge < -0.3 is 24.8 Å². The van der Waals surface area contributed by atoms with Crippen LogP contribution in [0.4, 0.5) is 0 Å². The number of rotatable bonds is 3. The van der Waals surface area contributed by atoms with E-state index in [2.05, 4.69) is 5.32 Å². The molecule has 1 aromatic carbocycles. The maximum absolute atomic E-state index is 13.5. The van der Waals surface area contributed by atoms with Gasteiger partial charge in [-0.1, -0.05) is 25.4 Å². The number of cyclic esters (lactones) is 1. The number of aliphatic hydroxyl groups excluding tert-OH is 2. The Morgan fingerprint density at radius 1 is 1.23 bits per heavy atom. The molecule has 2 aliphatic heterocycles. The number of fused-ring (bicyclic) bond motifs is 5. The van der Waals surface area contributed by atoms with Crippen LogP contribution in [0.5, 0.6) is 0 Å². The number of benzene rings is 1. The van der Waals surface area contributed by atoms with Gasteiger partial charge in [0.1, 0.15) is 6.61 Å². The van der Waals surface area contributed by atoms with E-state index >= 15 is 0 Å². The van der Waals surface area contributed by atoms with E-state index in [-0.39, 0.29) is 48.4 Å². The van der Waals surface area contributed by atoms with Crippen molar-refractivity contribution >= 4 is 34.4 Å². The number of hydrogen-bond acceptors (Lipinski definition) is 7. The van der Waals surface area contributed by atoms with Crippen LogP contribution >= 0.6 is 11.6 Å². The molecule has 1 aliphatic carbocycles. The molecule has 3 aromatic rings. The van der Waals surface area contributed by atoms with Crippen LogP contribution in [0.15, 0.2) is 16.9 Å². The number of aromatic nitrogens is 2. The van der Waals surface area contributed by atoms with Crippen molar-refractivity contribution in [3.05, 3.63) is 60.9 Å². The zero-order valence-electron chi connectivity index (χ0n) is 22.6. The van der Waals surface area contributed by atoms with Gasteiger partial charge in [0, 0.05) is 21.5 Å². The number of carbonyl (C=O) groups is 2. The molecule has 1 amide bonds. The number of aliphatic hydroxyl groups is 2. The second-order valence-electron chi connectivity index (χ2n) is 10.7.